The third-order valence-corrected chi connectivity index (χ3v) is 1.83. The number of hydrogen-bond donors (Lipinski definition) is 1. The summed E-state index contributed by atoms with van der Waals surface area (Å²) < 4.78 is 0. The van der Waals surface area contributed by atoms with E-state index in [4.69, 9.17) is 5.84 Å². The molecule has 2 aromatic rings. The molecule has 0 aliphatic heterocycles. The zero-order valence-electron chi connectivity index (χ0n) is 7.01. The van der Waals surface area contributed by atoms with Crippen molar-refractivity contribution >= 4 is 17.1 Å². The number of benzene rings is 1. The average molecular weight is 171 g/mol. The van der Waals surface area contributed by atoms with E-state index >= 15 is 0 Å². The van der Waals surface area contributed by atoms with E-state index in [0.717, 1.165) is 16.6 Å². The zero-order chi connectivity index (χ0) is 9.10. The Morgan fingerprint density at radius 3 is 2.85 bits per heavy atom. The van der Waals surface area contributed by atoms with Crippen LogP contribution in [0.15, 0.2) is 41.5 Å². The number of nitrogens with zero attached hydrogens (tertiary/aromatic N) is 2. The molecule has 0 saturated carbocycles. The van der Waals surface area contributed by atoms with Gasteiger partial charge in [0.15, 0.2) is 0 Å². The Bertz CT molecular complexity index is 449. The van der Waals surface area contributed by atoms with E-state index in [2.05, 4.69) is 10.1 Å². The molecule has 0 amide bonds. The minimum atomic E-state index is 0.779. The lowest BCUT2D eigenvalue weighted by atomic mass is 10.2. The SMILES string of the molecule is NN=Cc1ccc2ccccc2n1. The van der Waals surface area contributed by atoms with Crippen LogP contribution in [0, 0.1) is 0 Å². The number of para-hydroxylation sites is 1. The molecular weight excluding hydrogens is 162 g/mol. The van der Waals surface area contributed by atoms with Crippen molar-refractivity contribution in [3.63, 3.8) is 0 Å². The molecule has 2 N–H and O–H groups in total. The van der Waals surface area contributed by atoms with Gasteiger partial charge in [-0.05, 0) is 12.1 Å². The topological polar surface area (TPSA) is 51.3 Å². The molecule has 3 nitrogen and oxygen atoms in total. The van der Waals surface area contributed by atoms with Gasteiger partial charge in [-0.15, -0.1) is 0 Å². The first-order chi connectivity index (χ1) is 6.40. The smallest absolute Gasteiger partial charge is 0.0837 e. The summed E-state index contributed by atoms with van der Waals surface area (Å²) in [5, 5.41) is 4.55. The average Bonchev–Trinajstić information content (AvgIpc) is 2.18. The maximum Gasteiger partial charge on any atom is 0.0837 e. The van der Waals surface area contributed by atoms with Crippen LogP contribution in [0.1, 0.15) is 5.69 Å². The fourth-order valence-electron chi connectivity index (χ4n) is 1.23. The van der Waals surface area contributed by atoms with E-state index in [1.807, 2.05) is 36.4 Å². The first-order valence-corrected chi connectivity index (χ1v) is 3.99. The van der Waals surface area contributed by atoms with Crippen molar-refractivity contribution in [1.29, 1.82) is 0 Å². The van der Waals surface area contributed by atoms with Crippen molar-refractivity contribution in [3.05, 3.63) is 42.1 Å². The molecule has 1 heterocycles. The Morgan fingerprint density at radius 1 is 1.15 bits per heavy atom. The number of rotatable bonds is 1. The molecule has 0 fully saturated rings. The summed E-state index contributed by atoms with van der Waals surface area (Å²) >= 11 is 0. The standard InChI is InChI=1S/C10H9N3/c11-12-7-9-6-5-8-3-1-2-4-10(8)13-9/h1-7H,11H2. The molecule has 0 aliphatic carbocycles. The molecule has 0 atom stereocenters. The molecule has 0 saturated heterocycles. The van der Waals surface area contributed by atoms with Gasteiger partial charge in [-0.2, -0.15) is 5.10 Å². The predicted molar refractivity (Wildman–Crippen MR) is 53.5 cm³/mol. The van der Waals surface area contributed by atoms with E-state index in [9.17, 15) is 0 Å². The quantitative estimate of drug-likeness (QED) is 0.402. The maximum atomic E-state index is 5.03. The number of hydrazone groups is 1. The minimum absolute atomic E-state index is 0.779. The molecule has 0 unspecified atom stereocenters. The van der Waals surface area contributed by atoms with Gasteiger partial charge in [0.25, 0.3) is 0 Å². The number of hydrogen-bond acceptors (Lipinski definition) is 3. The largest absolute Gasteiger partial charge is 0.323 e. The van der Waals surface area contributed by atoms with Crippen molar-refractivity contribution in [3.8, 4) is 0 Å². The van der Waals surface area contributed by atoms with Gasteiger partial charge < -0.3 is 5.84 Å². The lowest BCUT2D eigenvalue weighted by Crippen LogP contribution is -1.90. The highest BCUT2D eigenvalue weighted by molar-refractivity contribution is 5.84. The zero-order valence-corrected chi connectivity index (χ0v) is 7.01. The molecule has 1 aromatic heterocycles. The van der Waals surface area contributed by atoms with Crippen LogP contribution < -0.4 is 5.84 Å². The van der Waals surface area contributed by atoms with Gasteiger partial charge in [0.2, 0.25) is 0 Å². The fourth-order valence-corrected chi connectivity index (χ4v) is 1.23. The maximum absolute atomic E-state index is 5.03. The van der Waals surface area contributed by atoms with Crippen molar-refractivity contribution < 1.29 is 0 Å². The van der Waals surface area contributed by atoms with Crippen molar-refractivity contribution in [2.75, 3.05) is 0 Å². The second-order valence-corrected chi connectivity index (χ2v) is 2.71. The Morgan fingerprint density at radius 2 is 2.00 bits per heavy atom. The van der Waals surface area contributed by atoms with Crippen LogP contribution in [-0.2, 0) is 0 Å². The number of fused-ring (bicyclic) bond motifs is 1. The summed E-state index contributed by atoms with van der Waals surface area (Å²) in [6, 6.07) is 11.8. The lowest BCUT2D eigenvalue weighted by molar-refractivity contribution is 1.25. The molecule has 64 valence electrons. The highest BCUT2D eigenvalue weighted by Gasteiger charge is 1.93. The van der Waals surface area contributed by atoms with Crippen LogP contribution in [0.2, 0.25) is 0 Å². The summed E-state index contributed by atoms with van der Waals surface area (Å²) in [6.07, 6.45) is 1.53. The van der Waals surface area contributed by atoms with Gasteiger partial charge in [-0.3, -0.25) is 0 Å². The fraction of sp³-hybridized carbons (Fsp3) is 0. The molecule has 2 rings (SSSR count). The third-order valence-electron chi connectivity index (χ3n) is 1.83. The number of nitrogens with two attached hydrogens (primary N) is 1. The molecule has 0 bridgehead atoms. The van der Waals surface area contributed by atoms with Crippen LogP contribution in [-0.4, -0.2) is 11.2 Å². The van der Waals surface area contributed by atoms with Gasteiger partial charge in [-0.25, -0.2) is 4.98 Å². The summed E-state index contributed by atoms with van der Waals surface area (Å²) in [7, 11) is 0. The molecular formula is C10H9N3. The third kappa shape index (κ3) is 1.49. The van der Waals surface area contributed by atoms with Crippen LogP contribution in [0.3, 0.4) is 0 Å². The first kappa shape index (κ1) is 7.73. The highest BCUT2D eigenvalue weighted by atomic mass is 15.1. The van der Waals surface area contributed by atoms with E-state index in [-0.39, 0.29) is 0 Å². The van der Waals surface area contributed by atoms with Crippen LogP contribution in [0.25, 0.3) is 10.9 Å². The van der Waals surface area contributed by atoms with Gasteiger partial charge >= 0.3 is 0 Å². The Labute approximate surface area is 75.9 Å². The predicted octanol–water partition coefficient (Wildman–Crippen LogP) is 1.53. The van der Waals surface area contributed by atoms with Crippen LogP contribution in [0.5, 0.6) is 0 Å². The highest BCUT2D eigenvalue weighted by Crippen LogP contribution is 2.10. The van der Waals surface area contributed by atoms with Crippen molar-refractivity contribution in [1.82, 2.24) is 4.98 Å². The summed E-state index contributed by atoms with van der Waals surface area (Å²) in [5.74, 6) is 5.03. The molecule has 1 aromatic carbocycles. The van der Waals surface area contributed by atoms with Gasteiger partial charge in [0, 0.05) is 5.39 Å². The van der Waals surface area contributed by atoms with Crippen molar-refractivity contribution in [2.24, 2.45) is 10.9 Å². The first-order valence-electron chi connectivity index (χ1n) is 3.99. The molecule has 0 radical (unpaired) electrons. The Hall–Kier alpha value is -1.90. The number of pyridine rings is 1. The lowest BCUT2D eigenvalue weighted by Gasteiger charge is -1.96. The molecule has 0 spiro atoms. The second kappa shape index (κ2) is 3.23. The van der Waals surface area contributed by atoms with Gasteiger partial charge in [0.05, 0.1) is 17.4 Å². The second-order valence-electron chi connectivity index (χ2n) is 2.71. The van der Waals surface area contributed by atoms with Crippen LogP contribution >= 0.6 is 0 Å². The van der Waals surface area contributed by atoms with E-state index in [0.29, 0.717) is 0 Å². The Kier molecular flexibility index (Phi) is 1.92. The van der Waals surface area contributed by atoms with Crippen molar-refractivity contribution in [2.45, 2.75) is 0 Å². The Balaban J connectivity index is 2.62. The van der Waals surface area contributed by atoms with Gasteiger partial charge in [-0.1, -0.05) is 24.3 Å². The summed E-state index contributed by atoms with van der Waals surface area (Å²) in [6.45, 7) is 0. The van der Waals surface area contributed by atoms with E-state index in [1.54, 1.807) is 0 Å². The number of aromatic nitrogens is 1. The van der Waals surface area contributed by atoms with Crippen LogP contribution in [0.4, 0.5) is 0 Å². The monoisotopic (exact) mass is 171 g/mol. The minimum Gasteiger partial charge on any atom is -0.323 e. The van der Waals surface area contributed by atoms with E-state index < -0.39 is 0 Å². The summed E-state index contributed by atoms with van der Waals surface area (Å²) in [4.78, 5) is 4.34. The summed E-state index contributed by atoms with van der Waals surface area (Å²) in [5.41, 5.74) is 1.74. The molecule has 3 heteroatoms. The van der Waals surface area contributed by atoms with Gasteiger partial charge in [0.1, 0.15) is 0 Å². The van der Waals surface area contributed by atoms with E-state index in [1.165, 1.54) is 6.21 Å². The molecule has 13 heavy (non-hydrogen) atoms. The normalized spacial score (nSPS) is 11.1. The molecule has 0 aliphatic rings.